The van der Waals surface area contributed by atoms with Gasteiger partial charge in [-0.05, 0) is 53.6 Å². The molecule has 1 amide bonds. The molecule has 182 valence electrons. The van der Waals surface area contributed by atoms with E-state index in [0.29, 0.717) is 33.9 Å². The van der Waals surface area contributed by atoms with Crippen LogP contribution in [-0.2, 0) is 16.1 Å². The maximum atomic E-state index is 12.6. The summed E-state index contributed by atoms with van der Waals surface area (Å²) in [6.45, 7) is 0.0772. The quantitative estimate of drug-likeness (QED) is 0.153. The SMILES string of the molecule is COC(=O)c1ccc(NC(=O)/C(C#N)=C/c2ccc(OCc3cccc([N+](=O)[O-])c3)c(OC)c2)cc1. The van der Waals surface area contributed by atoms with Crippen molar-refractivity contribution in [1.82, 2.24) is 0 Å². The summed E-state index contributed by atoms with van der Waals surface area (Å²) < 4.78 is 15.7. The molecule has 0 aliphatic heterocycles. The van der Waals surface area contributed by atoms with Crippen LogP contribution in [-0.4, -0.2) is 31.0 Å². The van der Waals surface area contributed by atoms with Crippen LogP contribution in [0.3, 0.4) is 0 Å². The van der Waals surface area contributed by atoms with Crippen LogP contribution in [0.15, 0.2) is 72.3 Å². The van der Waals surface area contributed by atoms with E-state index >= 15 is 0 Å². The van der Waals surface area contributed by atoms with Crippen LogP contribution in [0.25, 0.3) is 6.08 Å². The number of hydrogen-bond donors (Lipinski definition) is 1. The molecule has 0 spiro atoms. The van der Waals surface area contributed by atoms with Gasteiger partial charge in [0.05, 0.1) is 24.7 Å². The maximum Gasteiger partial charge on any atom is 0.337 e. The minimum atomic E-state index is -0.631. The smallest absolute Gasteiger partial charge is 0.337 e. The van der Waals surface area contributed by atoms with Gasteiger partial charge >= 0.3 is 5.97 Å². The van der Waals surface area contributed by atoms with Crippen molar-refractivity contribution in [3.05, 3.63) is 99.1 Å². The van der Waals surface area contributed by atoms with Crippen molar-refractivity contribution in [3.63, 3.8) is 0 Å². The Kier molecular flexibility index (Phi) is 8.35. The number of carbonyl (C=O) groups excluding carboxylic acids is 2. The molecule has 0 aromatic heterocycles. The molecule has 3 aromatic carbocycles. The third-order valence-electron chi connectivity index (χ3n) is 4.94. The second-order valence-corrected chi connectivity index (χ2v) is 7.32. The van der Waals surface area contributed by atoms with Gasteiger partial charge < -0.3 is 19.5 Å². The lowest BCUT2D eigenvalue weighted by Gasteiger charge is -2.12. The molecule has 0 aliphatic rings. The Morgan fingerprint density at radius 3 is 2.44 bits per heavy atom. The normalized spacial score (nSPS) is 10.6. The first-order valence-electron chi connectivity index (χ1n) is 10.5. The molecule has 0 saturated carbocycles. The van der Waals surface area contributed by atoms with Crippen LogP contribution in [0.4, 0.5) is 11.4 Å². The largest absolute Gasteiger partial charge is 0.493 e. The van der Waals surface area contributed by atoms with E-state index in [2.05, 4.69) is 10.1 Å². The van der Waals surface area contributed by atoms with Gasteiger partial charge in [0.15, 0.2) is 11.5 Å². The van der Waals surface area contributed by atoms with Gasteiger partial charge in [0, 0.05) is 17.8 Å². The van der Waals surface area contributed by atoms with Gasteiger partial charge in [-0.25, -0.2) is 4.79 Å². The standard InChI is InChI=1S/C26H21N3O7/c1-34-24-14-17(6-11-23(24)36-16-18-4-3-5-22(13-18)29(32)33)12-20(15-27)25(30)28-21-9-7-19(8-10-21)26(31)35-2/h3-14H,16H2,1-2H3,(H,28,30)/b20-12+. The lowest BCUT2D eigenvalue weighted by molar-refractivity contribution is -0.384. The summed E-state index contributed by atoms with van der Waals surface area (Å²) >= 11 is 0. The van der Waals surface area contributed by atoms with E-state index in [1.54, 1.807) is 30.3 Å². The fourth-order valence-electron chi connectivity index (χ4n) is 3.14. The number of ether oxygens (including phenoxy) is 3. The van der Waals surface area contributed by atoms with Crippen LogP contribution in [0.5, 0.6) is 11.5 Å². The van der Waals surface area contributed by atoms with E-state index < -0.39 is 16.8 Å². The molecule has 0 saturated heterocycles. The summed E-state index contributed by atoms with van der Waals surface area (Å²) in [4.78, 5) is 34.6. The third kappa shape index (κ3) is 6.45. The number of hydrogen-bond acceptors (Lipinski definition) is 8. The molecule has 0 unspecified atom stereocenters. The van der Waals surface area contributed by atoms with Crippen LogP contribution in [0.1, 0.15) is 21.5 Å². The molecular formula is C26H21N3O7. The summed E-state index contributed by atoms with van der Waals surface area (Å²) in [5, 5.41) is 23.0. The minimum Gasteiger partial charge on any atom is -0.493 e. The van der Waals surface area contributed by atoms with Crippen molar-refractivity contribution in [1.29, 1.82) is 5.26 Å². The second-order valence-electron chi connectivity index (χ2n) is 7.32. The number of nitrogens with zero attached hydrogens (tertiary/aromatic N) is 2. The number of amides is 1. The van der Waals surface area contributed by atoms with Gasteiger partial charge in [-0.2, -0.15) is 5.26 Å². The predicted molar refractivity (Wildman–Crippen MR) is 130 cm³/mol. The zero-order valence-corrected chi connectivity index (χ0v) is 19.4. The second kappa shape index (κ2) is 11.8. The van der Waals surface area contributed by atoms with E-state index in [1.807, 2.05) is 6.07 Å². The number of esters is 1. The van der Waals surface area contributed by atoms with Crippen molar-refractivity contribution in [2.45, 2.75) is 6.61 Å². The molecule has 3 rings (SSSR count). The zero-order valence-electron chi connectivity index (χ0n) is 19.4. The highest BCUT2D eigenvalue weighted by Crippen LogP contribution is 2.30. The van der Waals surface area contributed by atoms with Crippen molar-refractivity contribution < 1.29 is 28.7 Å². The van der Waals surface area contributed by atoms with Crippen molar-refractivity contribution >= 4 is 29.3 Å². The Bertz CT molecular complexity index is 1360. The topological polar surface area (TPSA) is 141 Å². The molecule has 3 aromatic rings. The number of nitrogens with one attached hydrogen (secondary N) is 1. The molecule has 0 radical (unpaired) electrons. The number of non-ortho nitro benzene ring substituents is 1. The zero-order chi connectivity index (χ0) is 26.1. The first-order valence-corrected chi connectivity index (χ1v) is 10.5. The number of carbonyl (C=O) groups is 2. The summed E-state index contributed by atoms with van der Waals surface area (Å²) in [5.74, 6) is -0.398. The van der Waals surface area contributed by atoms with Gasteiger partial charge in [-0.15, -0.1) is 0 Å². The Morgan fingerprint density at radius 2 is 1.81 bits per heavy atom. The average Bonchev–Trinajstić information content (AvgIpc) is 2.90. The Balaban J connectivity index is 1.72. The number of nitriles is 1. The molecule has 0 atom stereocenters. The minimum absolute atomic E-state index is 0.0368. The first-order chi connectivity index (χ1) is 17.3. The van der Waals surface area contributed by atoms with E-state index in [1.165, 1.54) is 56.7 Å². The Hall–Kier alpha value is -5.17. The number of nitro groups is 1. The van der Waals surface area contributed by atoms with Gasteiger partial charge in [-0.3, -0.25) is 14.9 Å². The number of nitro benzene ring substituents is 1. The molecule has 36 heavy (non-hydrogen) atoms. The summed E-state index contributed by atoms with van der Waals surface area (Å²) in [6.07, 6.45) is 1.39. The highest BCUT2D eigenvalue weighted by atomic mass is 16.6. The van der Waals surface area contributed by atoms with Crippen LogP contribution >= 0.6 is 0 Å². The molecular weight excluding hydrogens is 466 g/mol. The van der Waals surface area contributed by atoms with Crippen molar-refractivity contribution in [2.75, 3.05) is 19.5 Å². The molecule has 0 fully saturated rings. The highest BCUT2D eigenvalue weighted by molar-refractivity contribution is 6.09. The fourth-order valence-corrected chi connectivity index (χ4v) is 3.14. The average molecular weight is 487 g/mol. The third-order valence-corrected chi connectivity index (χ3v) is 4.94. The number of methoxy groups -OCH3 is 2. The van der Waals surface area contributed by atoms with Crippen molar-refractivity contribution in [2.24, 2.45) is 0 Å². The van der Waals surface area contributed by atoms with E-state index in [4.69, 9.17) is 9.47 Å². The monoisotopic (exact) mass is 487 g/mol. The lowest BCUT2D eigenvalue weighted by atomic mass is 10.1. The van der Waals surface area contributed by atoms with E-state index in [-0.39, 0.29) is 17.9 Å². The molecule has 0 heterocycles. The summed E-state index contributed by atoms with van der Waals surface area (Å²) in [7, 11) is 2.71. The molecule has 10 nitrogen and oxygen atoms in total. The fraction of sp³-hybridized carbons (Fsp3) is 0.115. The summed E-state index contributed by atoms with van der Waals surface area (Å²) in [5.41, 5.74) is 1.66. The van der Waals surface area contributed by atoms with Gasteiger partial charge in [-0.1, -0.05) is 18.2 Å². The summed E-state index contributed by atoms with van der Waals surface area (Å²) in [6, 6.07) is 18.8. The number of benzene rings is 3. The number of anilines is 1. The maximum absolute atomic E-state index is 12.6. The van der Waals surface area contributed by atoms with Crippen LogP contribution in [0, 0.1) is 21.4 Å². The van der Waals surface area contributed by atoms with E-state index in [9.17, 15) is 25.0 Å². The molecule has 0 aliphatic carbocycles. The van der Waals surface area contributed by atoms with Crippen LogP contribution in [0.2, 0.25) is 0 Å². The first kappa shape index (κ1) is 25.5. The number of rotatable bonds is 9. The van der Waals surface area contributed by atoms with Gasteiger partial charge in [0.2, 0.25) is 0 Å². The van der Waals surface area contributed by atoms with Gasteiger partial charge in [0.1, 0.15) is 18.2 Å². The van der Waals surface area contributed by atoms with Crippen LogP contribution < -0.4 is 14.8 Å². The molecule has 0 bridgehead atoms. The molecule has 10 heteroatoms. The van der Waals surface area contributed by atoms with Crippen molar-refractivity contribution in [3.8, 4) is 17.6 Å². The Labute approximate surface area is 206 Å². The highest BCUT2D eigenvalue weighted by Gasteiger charge is 2.13. The molecule has 1 N–H and O–H groups in total. The predicted octanol–water partition coefficient (Wildman–Crippen LogP) is 4.51. The Morgan fingerprint density at radius 1 is 1.06 bits per heavy atom. The lowest BCUT2D eigenvalue weighted by Crippen LogP contribution is -2.13. The van der Waals surface area contributed by atoms with E-state index in [0.717, 1.165) is 0 Å². The van der Waals surface area contributed by atoms with Gasteiger partial charge in [0.25, 0.3) is 11.6 Å².